The molecule has 0 unspecified atom stereocenters. The second-order valence-corrected chi connectivity index (χ2v) is 16.9. The molecule has 0 aliphatic carbocycles. The molecule has 14 nitrogen and oxygen atoms in total. The predicted octanol–water partition coefficient (Wildman–Crippen LogP) is -0.871. The number of aliphatic hydroxyl groups excluding tert-OH is 5. The highest BCUT2D eigenvalue weighted by Gasteiger charge is 2.66. The number of carbonyl (C=O) groups excluding carboxylic acids is 3. The zero-order valence-electron chi connectivity index (χ0n) is 25.6. The topological polar surface area (TPSA) is 210 Å². The Morgan fingerprint density at radius 1 is 1.18 bits per heavy atom. The summed E-state index contributed by atoms with van der Waals surface area (Å²) in [6, 6.07) is 4.41. The summed E-state index contributed by atoms with van der Waals surface area (Å²) in [5.41, 5.74) is -1.05. The lowest BCUT2D eigenvalue weighted by molar-refractivity contribution is -0.274. The molecule has 10 atom stereocenters. The number of carbonyl (C=O) groups is 3. The summed E-state index contributed by atoms with van der Waals surface area (Å²) in [6.45, 7) is 9.58. The van der Waals surface area contributed by atoms with Gasteiger partial charge >= 0.3 is 0 Å². The normalized spacial score (nSPS) is 36.5. The van der Waals surface area contributed by atoms with Crippen LogP contribution in [-0.2, 0) is 29.5 Å². The van der Waals surface area contributed by atoms with Crippen LogP contribution < -0.4 is 10.2 Å². The summed E-state index contributed by atoms with van der Waals surface area (Å²) in [6.07, 6.45) is -6.96. The fourth-order valence-corrected chi connectivity index (χ4v) is 10.2. The molecule has 0 bridgehead atoms. The van der Waals surface area contributed by atoms with Gasteiger partial charge in [-0.2, -0.15) is 0 Å². The molecule has 248 valence electrons. The number of nitrogens with one attached hydrogen (secondary N) is 1. The second-order valence-electron chi connectivity index (χ2n) is 13.0. The summed E-state index contributed by atoms with van der Waals surface area (Å²) in [5, 5.41) is 52.4. The number of fused-ring (bicyclic) bond motifs is 2. The minimum absolute atomic E-state index is 0.0852. The Kier molecular flexibility index (Phi) is 9.31. The highest BCUT2D eigenvalue weighted by atomic mass is 28.4. The molecule has 3 fully saturated rings. The van der Waals surface area contributed by atoms with Gasteiger partial charge < -0.3 is 54.9 Å². The number of benzene rings is 1. The fourth-order valence-electron chi connectivity index (χ4n) is 7.60. The van der Waals surface area contributed by atoms with E-state index in [1.807, 2.05) is 6.92 Å². The second kappa shape index (κ2) is 12.5. The highest BCUT2D eigenvalue weighted by molar-refractivity contribution is 6.71. The molecule has 15 heteroatoms. The number of hydrogen-bond donors (Lipinski definition) is 7. The zero-order valence-corrected chi connectivity index (χ0v) is 26.6. The van der Waals surface area contributed by atoms with Gasteiger partial charge in [0.1, 0.15) is 18.3 Å². The molecule has 1 aromatic carbocycles. The number of hydrogen-bond acceptors (Lipinski definition) is 11. The first-order valence-corrected chi connectivity index (χ1v) is 18.3. The minimum atomic E-state index is -3.07. The van der Waals surface area contributed by atoms with Gasteiger partial charge in [-0.1, -0.05) is 13.0 Å². The maximum atomic E-state index is 14.3. The van der Waals surface area contributed by atoms with Crippen LogP contribution >= 0.6 is 0 Å². The van der Waals surface area contributed by atoms with E-state index in [-0.39, 0.29) is 37.2 Å². The Morgan fingerprint density at radius 2 is 1.89 bits per heavy atom. The van der Waals surface area contributed by atoms with Crippen LogP contribution in [0.1, 0.15) is 31.7 Å². The number of rotatable bonds is 8. The average Bonchev–Trinajstić information content (AvgIpc) is 3.64. The van der Waals surface area contributed by atoms with E-state index >= 15 is 0 Å². The molecule has 4 aliphatic heterocycles. The Morgan fingerprint density at radius 3 is 2.53 bits per heavy atom. The molecule has 1 aromatic rings. The van der Waals surface area contributed by atoms with E-state index in [2.05, 4.69) is 11.9 Å². The van der Waals surface area contributed by atoms with Crippen LogP contribution in [0.4, 0.5) is 11.4 Å². The first kappa shape index (κ1) is 33.6. The van der Waals surface area contributed by atoms with E-state index < -0.39 is 74.0 Å². The van der Waals surface area contributed by atoms with Crippen molar-refractivity contribution in [2.75, 3.05) is 29.9 Å². The van der Waals surface area contributed by atoms with Crippen LogP contribution in [0.25, 0.3) is 0 Å². The summed E-state index contributed by atoms with van der Waals surface area (Å²) in [4.78, 5) is 55.5. The molecule has 5 rings (SSSR count). The molecule has 4 heterocycles. The molecule has 0 aromatic heterocycles. The summed E-state index contributed by atoms with van der Waals surface area (Å²) >= 11 is 0. The third-order valence-corrected chi connectivity index (χ3v) is 12.2. The molecular formula is C30H43N3O11Si. The van der Waals surface area contributed by atoms with Crippen LogP contribution in [0.5, 0.6) is 0 Å². The molecule has 1 spiro atoms. The lowest BCUT2D eigenvalue weighted by Crippen LogP contribution is -2.60. The van der Waals surface area contributed by atoms with Gasteiger partial charge in [-0.25, -0.2) is 0 Å². The highest BCUT2D eigenvalue weighted by Crippen LogP contribution is 2.60. The van der Waals surface area contributed by atoms with Crippen molar-refractivity contribution in [1.82, 2.24) is 4.90 Å². The third kappa shape index (κ3) is 5.63. The standard InChI is InChI=1S/C30H43N3O11Si/c1-5-10-33-19-9-8-16(31-27(39)25-23(37)22(36)24(38)28(40)43-25)12-18(19)30(29(33)41)15(2)26(45(3,4)42)20(44-30)13-21(35)32-11-6-7-17(32)14-34/h5,8-9,12,15,17,20,22-26,28,34,36-38,40,42H,1,6-7,10-11,13-14H2,2-4H3,(H,31,39)/t15-,17+,20+,22+,23+,24-,25+,26-,28-,30+/m1/s1. The van der Waals surface area contributed by atoms with Crippen LogP contribution in [0.15, 0.2) is 30.9 Å². The number of amides is 3. The van der Waals surface area contributed by atoms with Gasteiger partial charge in [-0.3, -0.25) is 14.4 Å². The number of ether oxygens (including phenoxy) is 2. The molecule has 45 heavy (non-hydrogen) atoms. The van der Waals surface area contributed by atoms with E-state index in [1.54, 1.807) is 36.2 Å². The van der Waals surface area contributed by atoms with Crippen molar-refractivity contribution < 1.29 is 54.2 Å². The van der Waals surface area contributed by atoms with Crippen LogP contribution in [0.3, 0.4) is 0 Å². The molecule has 3 amide bonds. The van der Waals surface area contributed by atoms with Gasteiger partial charge in [0.05, 0.1) is 30.9 Å². The Bertz CT molecular complexity index is 1340. The Hall–Kier alpha value is -2.73. The van der Waals surface area contributed by atoms with E-state index in [1.165, 1.54) is 11.0 Å². The van der Waals surface area contributed by atoms with E-state index in [0.717, 1.165) is 6.42 Å². The van der Waals surface area contributed by atoms with Crippen molar-refractivity contribution in [3.63, 3.8) is 0 Å². The van der Waals surface area contributed by atoms with E-state index in [0.29, 0.717) is 24.2 Å². The molecule has 3 saturated heterocycles. The van der Waals surface area contributed by atoms with Crippen molar-refractivity contribution >= 4 is 37.4 Å². The first-order valence-electron chi connectivity index (χ1n) is 15.2. The third-order valence-electron chi connectivity index (χ3n) is 9.69. The quantitative estimate of drug-likeness (QED) is 0.136. The SMILES string of the molecule is C=CCN1C(=O)[C@@]2(O[C@@H](CC(=O)N3CCC[C@H]3CO)[C@H]([Si](C)(C)O)[C@H]2C)c2cc(NC(=O)[C@H]3O[C@@H](O)[C@H](O)[C@@H](O)[C@@H]3O)ccc21. The van der Waals surface area contributed by atoms with Crippen molar-refractivity contribution in [2.24, 2.45) is 5.92 Å². The van der Waals surface area contributed by atoms with Gasteiger partial charge in [-0.05, 0) is 44.1 Å². The molecule has 0 saturated carbocycles. The zero-order chi connectivity index (χ0) is 33.0. The van der Waals surface area contributed by atoms with Crippen LogP contribution in [0.2, 0.25) is 18.6 Å². The van der Waals surface area contributed by atoms with Gasteiger partial charge in [0, 0.05) is 35.8 Å². The Labute approximate surface area is 262 Å². The first-order chi connectivity index (χ1) is 21.2. The monoisotopic (exact) mass is 649 g/mol. The summed E-state index contributed by atoms with van der Waals surface area (Å²) < 4.78 is 11.7. The lowest BCUT2D eigenvalue weighted by atomic mass is 9.82. The number of aliphatic hydroxyl groups is 5. The van der Waals surface area contributed by atoms with E-state index in [9.17, 15) is 44.7 Å². The van der Waals surface area contributed by atoms with Crippen molar-refractivity contribution in [1.29, 1.82) is 0 Å². The van der Waals surface area contributed by atoms with E-state index in [4.69, 9.17) is 9.47 Å². The largest absolute Gasteiger partial charge is 0.432 e. The number of nitrogens with zero attached hydrogens (tertiary/aromatic N) is 2. The fraction of sp³-hybridized carbons (Fsp3) is 0.633. The maximum Gasteiger partial charge on any atom is 0.264 e. The van der Waals surface area contributed by atoms with Crippen molar-refractivity contribution in [2.45, 2.75) is 93.3 Å². The molecule has 4 aliphatic rings. The van der Waals surface area contributed by atoms with Crippen LogP contribution in [0, 0.1) is 5.92 Å². The van der Waals surface area contributed by atoms with Gasteiger partial charge in [-0.15, -0.1) is 6.58 Å². The van der Waals surface area contributed by atoms with Crippen LogP contribution in [-0.4, -0.2) is 124 Å². The molecule has 0 radical (unpaired) electrons. The number of likely N-dealkylation sites (tertiary alicyclic amines) is 1. The summed E-state index contributed by atoms with van der Waals surface area (Å²) in [7, 11) is -3.07. The number of anilines is 2. The summed E-state index contributed by atoms with van der Waals surface area (Å²) in [5.74, 6) is -2.12. The van der Waals surface area contributed by atoms with Crippen molar-refractivity contribution in [3.8, 4) is 0 Å². The maximum absolute atomic E-state index is 14.3. The van der Waals surface area contributed by atoms with Gasteiger partial charge in [0.2, 0.25) is 5.91 Å². The van der Waals surface area contributed by atoms with Gasteiger partial charge in [0.15, 0.2) is 26.3 Å². The van der Waals surface area contributed by atoms with Crippen molar-refractivity contribution in [3.05, 3.63) is 36.4 Å². The molecule has 7 N–H and O–H groups in total. The average molecular weight is 650 g/mol. The lowest BCUT2D eigenvalue weighted by Gasteiger charge is -2.37. The Balaban J connectivity index is 1.50. The smallest absolute Gasteiger partial charge is 0.264 e. The van der Waals surface area contributed by atoms with Gasteiger partial charge in [0.25, 0.3) is 11.8 Å². The predicted molar refractivity (Wildman–Crippen MR) is 162 cm³/mol. The molecular weight excluding hydrogens is 606 g/mol. The minimum Gasteiger partial charge on any atom is -0.432 e.